The SMILES string of the molecule is CC(=O)OC[C@H]1OC(OC(C)=O)C[C@@H]1OC(C)(C)O. The first-order chi connectivity index (χ1) is 8.67. The van der Waals surface area contributed by atoms with E-state index in [1.807, 2.05) is 0 Å². The van der Waals surface area contributed by atoms with E-state index in [0.717, 1.165) is 0 Å². The maximum absolute atomic E-state index is 10.9. The van der Waals surface area contributed by atoms with Gasteiger partial charge in [-0.15, -0.1) is 0 Å². The zero-order valence-corrected chi connectivity index (χ0v) is 11.5. The van der Waals surface area contributed by atoms with Crippen LogP contribution in [-0.2, 0) is 28.5 Å². The smallest absolute Gasteiger partial charge is 0.304 e. The van der Waals surface area contributed by atoms with Crippen LogP contribution in [0.3, 0.4) is 0 Å². The number of esters is 2. The van der Waals surface area contributed by atoms with E-state index in [0.29, 0.717) is 0 Å². The molecule has 0 aromatic carbocycles. The summed E-state index contributed by atoms with van der Waals surface area (Å²) in [4.78, 5) is 21.7. The second-order valence-corrected chi connectivity index (χ2v) is 4.85. The van der Waals surface area contributed by atoms with Crippen LogP contribution in [0, 0.1) is 0 Å². The summed E-state index contributed by atoms with van der Waals surface area (Å²) in [5.41, 5.74) is 0. The molecule has 0 radical (unpaired) electrons. The van der Waals surface area contributed by atoms with Crippen LogP contribution in [0.2, 0.25) is 0 Å². The van der Waals surface area contributed by atoms with Crippen molar-refractivity contribution in [2.75, 3.05) is 6.61 Å². The zero-order chi connectivity index (χ0) is 14.6. The quantitative estimate of drug-likeness (QED) is 0.572. The molecule has 1 N–H and O–H groups in total. The number of carbonyl (C=O) groups is 2. The zero-order valence-electron chi connectivity index (χ0n) is 11.5. The average Bonchev–Trinajstić information content (AvgIpc) is 2.53. The monoisotopic (exact) mass is 276 g/mol. The summed E-state index contributed by atoms with van der Waals surface area (Å²) in [5, 5.41) is 9.65. The number of hydrogen-bond donors (Lipinski definition) is 1. The first-order valence-corrected chi connectivity index (χ1v) is 6.03. The topological polar surface area (TPSA) is 91.3 Å². The molecule has 1 fully saturated rings. The molecule has 0 amide bonds. The Morgan fingerprint density at radius 2 is 1.95 bits per heavy atom. The standard InChI is InChI=1S/C12H20O7/c1-7(13)16-6-10-9(19-12(3,4)15)5-11(18-10)17-8(2)14/h9-11,15H,5-6H2,1-4H3/t9-,10+,11?/m0/s1. The maximum atomic E-state index is 10.9. The van der Waals surface area contributed by atoms with Gasteiger partial charge in [0.15, 0.2) is 5.79 Å². The van der Waals surface area contributed by atoms with Crippen molar-refractivity contribution >= 4 is 11.9 Å². The van der Waals surface area contributed by atoms with Gasteiger partial charge in [0.05, 0.1) is 6.10 Å². The molecule has 19 heavy (non-hydrogen) atoms. The highest BCUT2D eigenvalue weighted by Crippen LogP contribution is 2.27. The van der Waals surface area contributed by atoms with Gasteiger partial charge in [-0.05, 0) is 13.8 Å². The Morgan fingerprint density at radius 1 is 1.32 bits per heavy atom. The normalized spacial score (nSPS) is 27.1. The highest BCUT2D eigenvalue weighted by Gasteiger charge is 2.40. The number of carbonyl (C=O) groups excluding carboxylic acids is 2. The summed E-state index contributed by atoms with van der Waals surface area (Å²) in [6, 6.07) is 0. The number of ether oxygens (including phenoxy) is 4. The average molecular weight is 276 g/mol. The summed E-state index contributed by atoms with van der Waals surface area (Å²) in [5.74, 6) is -2.27. The molecule has 0 aliphatic carbocycles. The lowest BCUT2D eigenvalue weighted by Gasteiger charge is -2.25. The molecule has 110 valence electrons. The lowest BCUT2D eigenvalue weighted by Crippen LogP contribution is -2.37. The molecule has 1 aliphatic heterocycles. The molecule has 0 aromatic rings. The Bertz CT molecular complexity index is 333. The third-order valence-corrected chi connectivity index (χ3v) is 2.35. The van der Waals surface area contributed by atoms with E-state index in [9.17, 15) is 14.7 Å². The van der Waals surface area contributed by atoms with Crippen molar-refractivity contribution in [1.29, 1.82) is 0 Å². The minimum absolute atomic E-state index is 0.0200. The Hall–Kier alpha value is -1.18. The summed E-state index contributed by atoms with van der Waals surface area (Å²) < 4.78 is 20.6. The molecule has 7 heteroatoms. The molecule has 3 atom stereocenters. The molecule has 1 aliphatic rings. The summed E-state index contributed by atoms with van der Waals surface area (Å²) in [6.07, 6.45) is -1.59. The van der Waals surface area contributed by atoms with Gasteiger partial charge < -0.3 is 24.1 Å². The van der Waals surface area contributed by atoms with Gasteiger partial charge in [-0.3, -0.25) is 9.59 Å². The predicted molar refractivity (Wildman–Crippen MR) is 62.8 cm³/mol. The van der Waals surface area contributed by atoms with Crippen molar-refractivity contribution in [3.8, 4) is 0 Å². The molecule has 0 aromatic heterocycles. The lowest BCUT2D eigenvalue weighted by atomic mass is 10.2. The highest BCUT2D eigenvalue weighted by atomic mass is 16.7. The number of hydrogen-bond acceptors (Lipinski definition) is 7. The van der Waals surface area contributed by atoms with E-state index >= 15 is 0 Å². The number of aliphatic hydroxyl groups is 1. The van der Waals surface area contributed by atoms with Gasteiger partial charge in [-0.2, -0.15) is 0 Å². The minimum atomic E-state index is -1.35. The van der Waals surface area contributed by atoms with Crippen molar-refractivity contribution in [2.45, 2.75) is 58.4 Å². The third kappa shape index (κ3) is 6.00. The fraction of sp³-hybridized carbons (Fsp3) is 0.833. The first-order valence-electron chi connectivity index (χ1n) is 6.03. The largest absolute Gasteiger partial charge is 0.463 e. The van der Waals surface area contributed by atoms with E-state index in [2.05, 4.69) is 0 Å². The van der Waals surface area contributed by atoms with Gasteiger partial charge in [-0.25, -0.2) is 0 Å². The first kappa shape index (κ1) is 15.9. The summed E-state index contributed by atoms with van der Waals surface area (Å²) in [6.45, 7) is 5.50. The molecular formula is C12H20O7. The van der Waals surface area contributed by atoms with Crippen LogP contribution >= 0.6 is 0 Å². The molecule has 1 rings (SSSR count). The Morgan fingerprint density at radius 3 is 2.42 bits per heavy atom. The fourth-order valence-electron chi connectivity index (χ4n) is 1.78. The van der Waals surface area contributed by atoms with Gasteiger partial charge in [0, 0.05) is 20.3 Å². The van der Waals surface area contributed by atoms with Gasteiger partial charge in [0.25, 0.3) is 0 Å². The third-order valence-electron chi connectivity index (χ3n) is 2.35. The maximum Gasteiger partial charge on any atom is 0.304 e. The van der Waals surface area contributed by atoms with Crippen LogP contribution in [-0.4, -0.2) is 47.9 Å². The molecular weight excluding hydrogens is 256 g/mol. The summed E-state index contributed by atoms with van der Waals surface area (Å²) in [7, 11) is 0. The van der Waals surface area contributed by atoms with Crippen LogP contribution in [0.5, 0.6) is 0 Å². The predicted octanol–water partition coefficient (Wildman–Crippen LogP) is 0.341. The van der Waals surface area contributed by atoms with Gasteiger partial charge in [0.2, 0.25) is 6.29 Å². The Labute approximate surface area is 111 Å². The second kappa shape index (κ2) is 6.31. The van der Waals surface area contributed by atoms with Crippen LogP contribution in [0.4, 0.5) is 0 Å². The van der Waals surface area contributed by atoms with E-state index < -0.39 is 36.2 Å². The van der Waals surface area contributed by atoms with Gasteiger partial charge in [0.1, 0.15) is 12.7 Å². The molecule has 0 saturated carbocycles. The molecule has 1 unspecified atom stereocenters. The Balaban J connectivity index is 2.61. The number of rotatable bonds is 5. The van der Waals surface area contributed by atoms with E-state index in [4.69, 9.17) is 18.9 Å². The minimum Gasteiger partial charge on any atom is -0.463 e. The van der Waals surface area contributed by atoms with Crippen LogP contribution < -0.4 is 0 Å². The van der Waals surface area contributed by atoms with Crippen LogP contribution in [0.1, 0.15) is 34.1 Å². The second-order valence-electron chi connectivity index (χ2n) is 4.85. The summed E-state index contributed by atoms with van der Waals surface area (Å²) >= 11 is 0. The van der Waals surface area contributed by atoms with Gasteiger partial charge in [-0.1, -0.05) is 0 Å². The van der Waals surface area contributed by atoms with E-state index in [1.54, 1.807) is 0 Å². The molecule has 7 nitrogen and oxygen atoms in total. The molecule has 1 heterocycles. The van der Waals surface area contributed by atoms with Crippen molar-refractivity contribution in [2.24, 2.45) is 0 Å². The van der Waals surface area contributed by atoms with Crippen molar-refractivity contribution in [3.63, 3.8) is 0 Å². The van der Waals surface area contributed by atoms with Crippen molar-refractivity contribution < 1.29 is 33.6 Å². The van der Waals surface area contributed by atoms with Gasteiger partial charge >= 0.3 is 11.9 Å². The fourth-order valence-corrected chi connectivity index (χ4v) is 1.78. The van der Waals surface area contributed by atoms with Crippen LogP contribution in [0.15, 0.2) is 0 Å². The highest BCUT2D eigenvalue weighted by molar-refractivity contribution is 5.66. The lowest BCUT2D eigenvalue weighted by molar-refractivity contribution is -0.219. The van der Waals surface area contributed by atoms with Crippen LogP contribution in [0.25, 0.3) is 0 Å². The van der Waals surface area contributed by atoms with Crippen molar-refractivity contribution in [3.05, 3.63) is 0 Å². The van der Waals surface area contributed by atoms with E-state index in [1.165, 1.54) is 27.7 Å². The Kier molecular flexibility index (Phi) is 5.28. The van der Waals surface area contributed by atoms with E-state index in [-0.39, 0.29) is 13.0 Å². The van der Waals surface area contributed by atoms with Crippen molar-refractivity contribution in [1.82, 2.24) is 0 Å². The molecule has 0 bridgehead atoms. The molecule has 1 saturated heterocycles. The molecule has 0 spiro atoms.